The number of nitrogens with zero attached hydrogens (tertiary/aromatic N) is 3. The lowest BCUT2D eigenvalue weighted by atomic mass is 10.0. The molecule has 0 atom stereocenters. The smallest absolute Gasteiger partial charge is 0.247 e. The van der Waals surface area contributed by atoms with E-state index in [-0.39, 0.29) is 0 Å². The molecule has 36 heavy (non-hydrogen) atoms. The third-order valence-electron chi connectivity index (χ3n) is 7.13. The maximum atomic E-state index is 13.2. The van der Waals surface area contributed by atoms with Crippen LogP contribution in [-0.2, 0) is 19.6 Å². The highest BCUT2D eigenvalue weighted by atomic mass is 16.2. The molecule has 210 valence electrons. The number of unbranched alkanes of at least 4 members (excludes halogenated alkanes) is 9. The summed E-state index contributed by atoms with van der Waals surface area (Å²) in [7, 11) is 0. The molecule has 6 nitrogen and oxygen atoms in total. The van der Waals surface area contributed by atoms with Gasteiger partial charge in [0.15, 0.2) is 0 Å². The lowest BCUT2D eigenvalue weighted by Gasteiger charge is -2.14. The van der Waals surface area contributed by atoms with Crippen LogP contribution in [0.2, 0.25) is 0 Å². The first kappa shape index (κ1) is 32.4. The summed E-state index contributed by atoms with van der Waals surface area (Å²) in [5.74, 6) is 2.12. The first-order valence-electron chi connectivity index (χ1n) is 15.1. The van der Waals surface area contributed by atoms with E-state index in [1.807, 2.05) is 0 Å². The first-order valence-corrected chi connectivity index (χ1v) is 15.1. The van der Waals surface area contributed by atoms with E-state index in [1.54, 1.807) is 0 Å². The van der Waals surface area contributed by atoms with E-state index in [0.29, 0.717) is 37.4 Å². The highest BCUT2D eigenvalue weighted by molar-refractivity contribution is 4.79. The molecular formula is C30H57N3O3. The fraction of sp³-hybridized carbons (Fsp3) is 0.900. The molecule has 1 heterocycles. The van der Waals surface area contributed by atoms with E-state index in [1.165, 1.54) is 52.2 Å². The zero-order valence-corrected chi connectivity index (χ0v) is 24.5. The molecule has 0 amide bonds. The van der Waals surface area contributed by atoms with Crippen LogP contribution < -0.4 is 17.1 Å². The van der Waals surface area contributed by atoms with Crippen molar-refractivity contribution in [3.8, 4) is 0 Å². The Morgan fingerprint density at radius 1 is 0.389 bits per heavy atom. The molecule has 0 spiro atoms. The van der Waals surface area contributed by atoms with Crippen molar-refractivity contribution in [3.63, 3.8) is 0 Å². The van der Waals surface area contributed by atoms with Gasteiger partial charge in [-0.15, -0.1) is 0 Å². The minimum Gasteiger partial charge on any atom is -0.247 e. The Morgan fingerprint density at radius 2 is 0.611 bits per heavy atom. The molecule has 0 N–H and O–H groups in total. The van der Waals surface area contributed by atoms with Crippen LogP contribution in [-0.4, -0.2) is 13.7 Å². The number of hydrogen-bond acceptors (Lipinski definition) is 3. The predicted octanol–water partition coefficient (Wildman–Crippen LogP) is 6.99. The van der Waals surface area contributed by atoms with Gasteiger partial charge >= 0.3 is 17.1 Å². The largest absolute Gasteiger partial charge is 0.336 e. The lowest BCUT2D eigenvalue weighted by molar-refractivity contribution is 0.407. The third kappa shape index (κ3) is 13.1. The van der Waals surface area contributed by atoms with Gasteiger partial charge in [-0.05, 0) is 37.0 Å². The summed E-state index contributed by atoms with van der Waals surface area (Å²) < 4.78 is 4.00. The molecule has 0 bridgehead atoms. The van der Waals surface area contributed by atoms with Gasteiger partial charge in [-0.1, -0.05) is 119 Å². The van der Waals surface area contributed by atoms with Crippen molar-refractivity contribution in [1.29, 1.82) is 0 Å². The van der Waals surface area contributed by atoms with Gasteiger partial charge in [0.25, 0.3) is 0 Å². The van der Waals surface area contributed by atoms with Crippen LogP contribution in [0.1, 0.15) is 138 Å². The maximum Gasteiger partial charge on any atom is 0.336 e. The Hall–Kier alpha value is -1.59. The minimum absolute atomic E-state index is 0.405. The van der Waals surface area contributed by atoms with Crippen LogP contribution >= 0.6 is 0 Å². The first-order chi connectivity index (χ1) is 17.1. The fourth-order valence-corrected chi connectivity index (χ4v) is 4.78. The SMILES string of the molecule is CC(C)CCCCCCn1c(=O)n(CCCCCCC(C)C)c(=O)n(CCCCCCC(C)C)c1=O. The Bertz CT molecular complexity index is 732. The van der Waals surface area contributed by atoms with Gasteiger partial charge in [0.1, 0.15) is 0 Å². The molecule has 0 fully saturated rings. The maximum absolute atomic E-state index is 13.2. The number of aromatic nitrogens is 3. The van der Waals surface area contributed by atoms with Gasteiger partial charge < -0.3 is 0 Å². The molecular weight excluding hydrogens is 450 g/mol. The van der Waals surface area contributed by atoms with E-state index in [9.17, 15) is 14.4 Å². The normalized spacial score (nSPS) is 11.9. The molecule has 1 aromatic heterocycles. The Labute approximate surface area is 220 Å². The Balaban J connectivity index is 2.87. The molecule has 0 aromatic carbocycles. The number of rotatable bonds is 21. The number of hydrogen-bond donors (Lipinski definition) is 0. The highest BCUT2D eigenvalue weighted by Gasteiger charge is 2.15. The van der Waals surface area contributed by atoms with Gasteiger partial charge in [0, 0.05) is 19.6 Å². The molecule has 0 aliphatic carbocycles. The summed E-state index contributed by atoms with van der Waals surface area (Å²) in [6.45, 7) is 14.6. The molecule has 0 saturated carbocycles. The van der Waals surface area contributed by atoms with Crippen molar-refractivity contribution in [1.82, 2.24) is 13.7 Å². The molecule has 0 aliphatic heterocycles. The summed E-state index contributed by atoms with van der Waals surface area (Å²) in [6, 6.07) is 0. The zero-order chi connectivity index (χ0) is 26.9. The van der Waals surface area contributed by atoms with E-state index >= 15 is 0 Å². The van der Waals surface area contributed by atoms with Gasteiger partial charge in [0.05, 0.1) is 0 Å². The average molecular weight is 508 g/mol. The summed E-state index contributed by atoms with van der Waals surface area (Å²) in [6.07, 6.45) is 16.0. The second kappa shape index (κ2) is 18.6. The van der Waals surface area contributed by atoms with Crippen LogP contribution in [0.4, 0.5) is 0 Å². The molecule has 0 aliphatic rings. The van der Waals surface area contributed by atoms with E-state index in [4.69, 9.17) is 0 Å². The van der Waals surface area contributed by atoms with Gasteiger partial charge in [-0.25, -0.2) is 28.1 Å². The zero-order valence-electron chi connectivity index (χ0n) is 24.5. The van der Waals surface area contributed by atoms with Crippen LogP contribution in [0, 0.1) is 17.8 Å². The van der Waals surface area contributed by atoms with Crippen LogP contribution in [0.25, 0.3) is 0 Å². The topological polar surface area (TPSA) is 66.0 Å². The summed E-state index contributed by atoms with van der Waals surface area (Å²) in [4.78, 5) is 39.5. The summed E-state index contributed by atoms with van der Waals surface area (Å²) in [5.41, 5.74) is -1.24. The molecule has 1 rings (SSSR count). The van der Waals surface area contributed by atoms with Gasteiger partial charge in [-0.3, -0.25) is 0 Å². The monoisotopic (exact) mass is 507 g/mol. The highest BCUT2D eigenvalue weighted by Crippen LogP contribution is 2.11. The van der Waals surface area contributed by atoms with Crippen molar-refractivity contribution < 1.29 is 0 Å². The van der Waals surface area contributed by atoms with E-state index in [0.717, 1.165) is 57.8 Å². The van der Waals surface area contributed by atoms with Crippen molar-refractivity contribution in [3.05, 3.63) is 31.5 Å². The second-order valence-corrected chi connectivity index (χ2v) is 12.1. The van der Waals surface area contributed by atoms with Gasteiger partial charge in [-0.2, -0.15) is 0 Å². The average Bonchev–Trinajstić information content (AvgIpc) is 2.80. The van der Waals surface area contributed by atoms with Crippen molar-refractivity contribution >= 4 is 0 Å². The molecule has 0 saturated heterocycles. The molecule has 0 radical (unpaired) electrons. The Kier molecular flexibility index (Phi) is 16.8. The van der Waals surface area contributed by atoms with Crippen molar-refractivity contribution in [2.45, 2.75) is 157 Å². The molecule has 1 aromatic rings. The second-order valence-electron chi connectivity index (χ2n) is 12.1. The van der Waals surface area contributed by atoms with Crippen LogP contribution in [0.15, 0.2) is 14.4 Å². The van der Waals surface area contributed by atoms with E-state index < -0.39 is 17.1 Å². The minimum atomic E-state index is -0.414. The van der Waals surface area contributed by atoms with Crippen LogP contribution in [0.5, 0.6) is 0 Å². The molecule has 6 heteroatoms. The van der Waals surface area contributed by atoms with Crippen LogP contribution in [0.3, 0.4) is 0 Å². The fourth-order valence-electron chi connectivity index (χ4n) is 4.78. The molecule has 0 unspecified atom stereocenters. The Morgan fingerprint density at radius 3 is 0.833 bits per heavy atom. The quantitative estimate of drug-likeness (QED) is 0.168. The van der Waals surface area contributed by atoms with Crippen molar-refractivity contribution in [2.24, 2.45) is 17.8 Å². The lowest BCUT2D eigenvalue weighted by Crippen LogP contribution is -2.54. The predicted molar refractivity (Wildman–Crippen MR) is 153 cm³/mol. The van der Waals surface area contributed by atoms with Gasteiger partial charge in [0.2, 0.25) is 0 Å². The standard InChI is InChI=1S/C30H57N3O3/c1-25(2)19-13-7-10-16-22-31-28(34)32(23-17-11-8-14-20-26(3)4)30(36)33(29(31)35)24-18-12-9-15-21-27(5)6/h25-27H,7-24H2,1-6H3. The summed E-state index contributed by atoms with van der Waals surface area (Å²) in [5, 5.41) is 0. The van der Waals surface area contributed by atoms with Crippen molar-refractivity contribution in [2.75, 3.05) is 0 Å². The third-order valence-corrected chi connectivity index (χ3v) is 7.13. The summed E-state index contributed by atoms with van der Waals surface area (Å²) >= 11 is 0. The van der Waals surface area contributed by atoms with E-state index in [2.05, 4.69) is 41.5 Å².